The molecule has 1 aliphatic rings. The highest BCUT2D eigenvalue weighted by atomic mass is 16.5. The molecule has 0 radical (unpaired) electrons. The number of tetrazole rings is 1. The normalized spacial score (nSPS) is 21.1. The number of aliphatic carboxylic acids is 1. The van der Waals surface area contributed by atoms with Crippen LogP contribution in [0, 0.1) is 5.92 Å². The van der Waals surface area contributed by atoms with Gasteiger partial charge < -0.3 is 9.84 Å². The molecular formula is C12H12N4O3. The lowest BCUT2D eigenvalue weighted by Gasteiger charge is -2.08. The number of ether oxygens (including phenoxy) is 1. The highest BCUT2D eigenvalue weighted by Crippen LogP contribution is 2.47. The molecule has 1 fully saturated rings. The number of hydrogen-bond donors (Lipinski definition) is 1. The lowest BCUT2D eigenvalue weighted by molar-refractivity contribution is -0.138. The summed E-state index contributed by atoms with van der Waals surface area (Å²) in [6.45, 7) is 0. The van der Waals surface area contributed by atoms with E-state index in [1.165, 1.54) is 0 Å². The molecule has 1 saturated carbocycles. The van der Waals surface area contributed by atoms with Gasteiger partial charge in [-0.15, -0.1) is 5.10 Å². The molecule has 1 aliphatic carbocycles. The predicted octanol–water partition coefficient (Wildman–Crippen LogP) is 0.859. The van der Waals surface area contributed by atoms with Crippen molar-refractivity contribution in [1.82, 2.24) is 20.2 Å². The van der Waals surface area contributed by atoms with E-state index in [0.717, 1.165) is 0 Å². The number of para-hydroxylation sites is 2. The first-order valence-electron chi connectivity index (χ1n) is 5.87. The first kappa shape index (κ1) is 11.6. The van der Waals surface area contributed by atoms with Gasteiger partial charge >= 0.3 is 5.97 Å². The Labute approximate surface area is 108 Å². The van der Waals surface area contributed by atoms with Crippen LogP contribution in [-0.2, 0) is 4.79 Å². The first-order valence-corrected chi connectivity index (χ1v) is 5.87. The standard InChI is InChI=1S/C12H12N4O3/c1-19-10-5-3-2-4-9(10)16-11(13-14-15-16)7-6-8(7)12(17)18/h2-5,7-8H,6H2,1H3,(H,17,18). The van der Waals surface area contributed by atoms with Gasteiger partial charge in [0.2, 0.25) is 0 Å². The van der Waals surface area contributed by atoms with Crippen molar-refractivity contribution < 1.29 is 14.6 Å². The van der Waals surface area contributed by atoms with Crippen LogP contribution in [0.1, 0.15) is 18.2 Å². The van der Waals surface area contributed by atoms with Gasteiger partial charge in [0.1, 0.15) is 11.4 Å². The minimum absolute atomic E-state index is 0.127. The van der Waals surface area contributed by atoms with E-state index in [0.29, 0.717) is 23.7 Å². The molecule has 2 aromatic rings. The van der Waals surface area contributed by atoms with Gasteiger partial charge in [0.15, 0.2) is 5.82 Å². The molecule has 1 aromatic heterocycles. The zero-order valence-corrected chi connectivity index (χ0v) is 10.2. The third kappa shape index (κ3) is 1.92. The van der Waals surface area contributed by atoms with E-state index >= 15 is 0 Å². The SMILES string of the molecule is COc1ccccc1-n1nnnc1C1CC1C(=O)O. The van der Waals surface area contributed by atoms with Crippen LogP contribution in [0.25, 0.3) is 5.69 Å². The van der Waals surface area contributed by atoms with Crippen molar-refractivity contribution >= 4 is 5.97 Å². The van der Waals surface area contributed by atoms with Crippen LogP contribution >= 0.6 is 0 Å². The summed E-state index contributed by atoms with van der Waals surface area (Å²) in [6.07, 6.45) is 0.574. The van der Waals surface area contributed by atoms with Gasteiger partial charge in [0.05, 0.1) is 13.0 Å². The molecule has 3 rings (SSSR count). The van der Waals surface area contributed by atoms with Crippen molar-refractivity contribution in [3.63, 3.8) is 0 Å². The number of hydrogen-bond acceptors (Lipinski definition) is 5. The maximum Gasteiger partial charge on any atom is 0.307 e. The van der Waals surface area contributed by atoms with Crippen LogP contribution in [0.3, 0.4) is 0 Å². The van der Waals surface area contributed by atoms with Crippen LogP contribution in [-0.4, -0.2) is 38.4 Å². The Balaban J connectivity index is 1.99. The van der Waals surface area contributed by atoms with E-state index < -0.39 is 5.97 Å². The molecule has 2 unspecified atom stereocenters. The molecule has 0 aliphatic heterocycles. The molecule has 0 amide bonds. The lowest BCUT2D eigenvalue weighted by atomic mass is 10.2. The molecule has 1 heterocycles. The van der Waals surface area contributed by atoms with Gasteiger partial charge in [0, 0.05) is 5.92 Å². The second-order valence-electron chi connectivity index (χ2n) is 4.41. The molecule has 7 heteroatoms. The van der Waals surface area contributed by atoms with Crippen molar-refractivity contribution in [3.8, 4) is 11.4 Å². The monoisotopic (exact) mass is 260 g/mol. The molecule has 0 spiro atoms. The summed E-state index contributed by atoms with van der Waals surface area (Å²) >= 11 is 0. The Kier molecular flexibility index (Phi) is 2.66. The fourth-order valence-corrected chi connectivity index (χ4v) is 2.15. The fourth-order valence-electron chi connectivity index (χ4n) is 2.15. The Morgan fingerprint density at radius 1 is 1.47 bits per heavy atom. The van der Waals surface area contributed by atoms with Gasteiger partial charge in [-0.1, -0.05) is 12.1 Å². The third-order valence-corrected chi connectivity index (χ3v) is 3.25. The number of carboxylic acid groups (broad SMARTS) is 1. The van der Waals surface area contributed by atoms with E-state index in [-0.39, 0.29) is 11.8 Å². The minimum Gasteiger partial charge on any atom is -0.494 e. The fraction of sp³-hybridized carbons (Fsp3) is 0.333. The summed E-state index contributed by atoms with van der Waals surface area (Å²) in [4.78, 5) is 10.9. The number of benzene rings is 1. The van der Waals surface area contributed by atoms with Crippen LogP contribution < -0.4 is 4.74 Å². The van der Waals surface area contributed by atoms with E-state index in [9.17, 15) is 4.79 Å². The van der Waals surface area contributed by atoms with Crippen LogP contribution in [0.4, 0.5) is 0 Å². The van der Waals surface area contributed by atoms with Crippen molar-refractivity contribution in [2.45, 2.75) is 12.3 Å². The first-order chi connectivity index (χ1) is 9.22. The smallest absolute Gasteiger partial charge is 0.307 e. The zero-order valence-electron chi connectivity index (χ0n) is 10.2. The third-order valence-electron chi connectivity index (χ3n) is 3.25. The van der Waals surface area contributed by atoms with Crippen molar-refractivity contribution in [2.24, 2.45) is 5.92 Å². The molecule has 19 heavy (non-hydrogen) atoms. The van der Waals surface area contributed by atoms with Crippen molar-refractivity contribution in [1.29, 1.82) is 0 Å². The number of nitrogens with zero attached hydrogens (tertiary/aromatic N) is 4. The van der Waals surface area contributed by atoms with Crippen molar-refractivity contribution in [3.05, 3.63) is 30.1 Å². The number of carboxylic acids is 1. The number of carbonyl (C=O) groups is 1. The van der Waals surface area contributed by atoms with Crippen LogP contribution in [0.5, 0.6) is 5.75 Å². The average Bonchev–Trinajstić information content (AvgIpc) is 3.09. The highest BCUT2D eigenvalue weighted by Gasteiger charge is 2.47. The summed E-state index contributed by atoms with van der Waals surface area (Å²) in [7, 11) is 1.57. The molecule has 1 N–H and O–H groups in total. The molecule has 2 atom stereocenters. The van der Waals surface area contributed by atoms with Gasteiger partial charge in [-0.2, -0.15) is 4.68 Å². The summed E-state index contributed by atoms with van der Waals surface area (Å²) in [5, 5.41) is 20.5. The van der Waals surface area contributed by atoms with Gasteiger partial charge in [0.25, 0.3) is 0 Å². The largest absolute Gasteiger partial charge is 0.494 e. The van der Waals surface area contributed by atoms with Crippen LogP contribution in [0.2, 0.25) is 0 Å². The highest BCUT2D eigenvalue weighted by molar-refractivity contribution is 5.74. The Morgan fingerprint density at radius 3 is 2.95 bits per heavy atom. The Morgan fingerprint density at radius 2 is 2.26 bits per heavy atom. The molecule has 0 saturated heterocycles. The number of aromatic nitrogens is 4. The summed E-state index contributed by atoms with van der Waals surface area (Å²) in [5.74, 6) is -0.114. The summed E-state index contributed by atoms with van der Waals surface area (Å²) < 4.78 is 6.81. The average molecular weight is 260 g/mol. The molecule has 0 bridgehead atoms. The van der Waals surface area contributed by atoms with Crippen molar-refractivity contribution in [2.75, 3.05) is 7.11 Å². The number of methoxy groups -OCH3 is 1. The van der Waals surface area contributed by atoms with Gasteiger partial charge in [-0.05, 0) is 29.0 Å². The Hall–Kier alpha value is -2.44. The molecule has 7 nitrogen and oxygen atoms in total. The Bertz CT molecular complexity index is 625. The zero-order chi connectivity index (χ0) is 13.4. The minimum atomic E-state index is -0.806. The molecular weight excluding hydrogens is 248 g/mol. The summed E-state index contributed by atoms with van der Waals surface area (Å²) in [5.41, 5.74) is 0.709. The van der Waals surface area contributed by atoms with E-state index in [1.807, 2.05) is 24.3 Å². The topological polar surface area (TPSA) is 90.1 Å². The second-order valence-corrected chi connectivity index (χ2v) is 4.41. The second kappa shape index (κ2) is 4.34. The predicted molar refractivity (Wildman–Crippen MR) is 64.2 cm³/mol. The summed E-state index contributed by atoms with van der Waals surface area (Å²) in [6, 6.07) is 7.34. The van der Waals surface area contributed by atoms with Gasteiger partial charge in [-0.25, -0.2) is 0 Å². The van der Waals surface area contributed by atoms with E-state index in [2.05, 4.69) is 15.5 Å². The van der Waals surface area contributed by atoms with Gasteiger partial charge in [-0.3, -0.25) is 4.79 Å². The maximum atomic E-state index is 10.9. The van der Waals surface area contributed by atoms with Crippen LogP contribution in [0.15, 0.2) is 24.3 Å². The molecule has 1 aromatic carbocycles. The quantitative estimate of drug-likeness (QED) is 0.876. The number of rotatable bonds is 4. The molecule has 98 valence electrons. The van der Waals surface area contributed by atoms with E-state index in [4.69, 9.17) is 9.84 Å². The maximum absolute atomic E-state index is 10.9. The lowest BCUT2D eigenvalue weighted by Crippen LogP contribution is -2.07. The van der Waals surface area contributed by atoms with E-state index in [1.54, 1.807) is 11.8 Å².